The van der Waals surface area contributed by atoms with Crippen molar-refractivity contribution in [2.75, 3.05) is 23.3 Å². The predicted octanol–water partition coefficient (Wildman–Crippen LogP) is 3.75. The van der Waals surface area contributed by atoms with Crippen LogP contribution in [0.2, 0.25) is 0 Å². The number of nitrogens with zero attached hydrogens (tertiary/aromatic N) is 1. The number of hydrogen-bond donors (Lipinski definition) is 1. The highest BCUT2D eigenvalue weighted by molar-refractivity contribution is 5.95. The Morgan fingerprint density at radius 3 is 2.52 bits per heavy atom. The van der Waals surface area contributed by atoms with Gasteiger partial charge in [0.05, 0.1) is 17.8 Å². The van der Waals surface area contributed by atoms with Crippen molar-refractivity contribution in [3.63, 3.8) is 0 Å². The quantitative estimate of drug-likeness (QED) is 0.932. The third-order valence-corrected chi connectivity index (χ3v) is 3.97. The Kier molecular flexibility index (Phi) is 4.55. The Morgan fingerprint density at radius 2 is 1.78 bits per heavy atom. The van der Waals surface area contributed by atoms with Crippen molar-refractivity contribution in [3.8, 4) is 0 Å². The maximum absolute atomic E-state index is 13.2. The van der Waals surface area contributed by atoms with Crippen LogP contribution in [0, 0.1) is 11.6 Å². The second kappa shape index (κ2) is 6.77. The average molecular weight is 316 g/mol. The van der Waals surface area contributed by atoms with Crippen molar-refractivity contribution in [1.29, 1.82) is 0 Å². The molecule has 0 aromatic heterocycles. The number of rotatable bonds is 4. The summed E-state index contributed by atoms with van der Waals surface area (Å²) in [7, 11) is 0. The molecule has 1 saturated heterocycles. The van der Waals surface area contributed by atoms with Gasteiger partial charge in [-0.3, -0.25) is 4.79 Å². The highest BCUT2D eigenvalue weighted by atomic mass is 19.2. The minimum absolute atomic E-state index is 0.00549. The highest BCUT2D eigenvalue weighted by Crippen LogP contribution is 2.28. The molecule has 3 rings (SSSR count). The molecule has 0 bridgehead atoms. The van der Waals surface area contributed by atoms with Crippen LogP contribution < -0.4 is 10.2 Å². The van der Waals surface area contributed by atoms with Gasteiger partial charge >= 0.3 is 0 Å². The molecule has 5 heteroatoms. The van der Waals surface area contributed by atoms with E-state index in [9.17, 15) is 13.6 Å². The standard InChI is InChI=1S/C18H18F2N2O/c19-14-8-7-13(11-15(14)20)12-18(23)21-16-5-1-2-6-17(16)22-9-3-4-10-22/h1-2,5-8,11H,3-4,9-10,12H2,(H,21,23). The van der Waals surface area contributed by atoms with Gasteiger partial charge in [-0.2, -0.15) is 0 Å². The lowest BCUT2D eigenvalue weighted by Crippen LogP contribution is -2.21. The summed E-state index contributed by atoms with van der Waals surface area (Å²) in [5.41, 5.74) is 2.20. The molecular weight excluding hydrogens is 298 g/mol. The van der Waals surface area contributed by atoms with Crippen LogP contribution in [0.15, 0.2) is 42.5 Å². The molecule has 1 aliphatic rings. The first kappa shape index (κ1) is 15.5. The number of carbonyl (C=O) groups excluding carboxylic acids is 1. The van der Waals surface area contributed by atoms with Gasteiger partial charge in [0.25, 0.3) is 0 Å². The Bertz CT molecular complexity index is 712. The molecule has 0 aliphatic carbocycles. The number of para-hydroxylation sites is 2. The fraction of sp³-hybridized carbons (Fsp3) is 0.278. The molecule has 1 heterocycles. The van der Waals surface area contributed by atoms with Crippen molar-refractivity contribution < 1.29 is 13.6 Å². The van der Waals surface area contributed by atoms with Crippen LogP contribution in [0.4, 0.5) is 20.2 Å². The summed E-state index contributed by atoms with van der Waals surface area (Å²) in [5.74, 6) is -2.09. The van der Waals surface area contributed by atoms with Crippen molar-refractivity contribution in [3.05, 3.63) is 59.7 Å². The van der Waals surface area contributed by atoms with Crippen molar-refractivity contribution >= 4 is 17.3 Å². The summed E-state index contributed by atoms with van der Waals surface area (Å²) in [4.78, 5) is 14.4. The lowest BCUT2D eigenvalue weighted by atomic mass is 10.1. The zero-order chi connectivity index (χ0) is 16.2. The fourth-order valence-corrected chi connectivity index (χ4v) is 2.84. The average Bonchev–Trinajstić information content (AvgIpc) is 3.06. The van der Waals surface area contributed by atoms with Crippen LogP contribution in [-0.4, -0.2) is 19.0 Å². The van der Waals surface area contributed by atoms with Crippen molar-refractivity contribution in [2.24, 2.45) is 0 Å². The van der Waals surface area contributed by atoms with Gasteiger partial charge < -0.3 is 10.2 Å². The molecule has 1 fully saturated rings. The van der Waals surface area contributed by atoms with E-state index in [2.05, 4.69) is 10.2 Å². The minimum atomic E-state index is -0.937. The van der Waals surface area contributed by atoms with Crippen LogP contribution >= 0.6 is 0 Å². The molecule has 2 aromatic carbocycles. The zero-order valence-corrected chi connectivity index (χ0v) is 12.7. The van der Waals surface area contributed by atoms with E-state index in [0.717, 1.165) is 49.4 Å². The normalized spacial score (nSPS) is 14.1. The largest absolute Gasteiger partial charge is 0.370 e. The van der Waals surface area contributed by atoms with Crippen LogP contribution in [0.1, 0.15) is 18.4 Å². The van der Waals surface area contributed by atoms with Gasteiger partial charge in [0.2, 0.25) is 5.91 Å². The lowest BCUT2D eigenvalue weighted by molar-refractivity contribution is -0.115. The summed E-state index contributed by atoms with van der Waals surface area (Å²) in [5, 5.41) is 2.87. The first-order valence-electron chi connectivity index (χ1n) is 7.71. The maximum atomic E-state index is 13.2. The summed E-state index contributed by atoms with van der Waals surface area (Å²) >= 11 is 0. The lowest BCUT2D eigenvalue weighted by Gasteiger charge is -2.21. The molecule has 2 aromatic rings. The second-order valence-electron chi connectivity index (χ2n) is 5.68. The van der Waals surface area contributed by atoms with E-state index in [1.165, 1.54) is 6.07 Å². The number of nitrogens with one attached hydrogen (secondary N) is 1. The van der Waals surface area contributed by atoms with Crippen LogP contribution in [0.5, 0.6) is 0 Å². The van der Waals surface area contributed by atoms with Gasteiger partial charge in [0, 0.05) is 13.1 Å². The van der Waals surface area contributed by atoms with E-state index in [1.54, 1.807) is 0 Å². The van der Waals surface area contributed by atoms with Gasteiger partial charge in [-0.25, -0.2) is 8.78 Å². The molecule has 0 saturated carbocycles. The summed E-state index contributed by atoms with van der Waals surface area (Å²) in [6.07, 6.45) is 2.31. The summed E-state index contributed by atoms with van der Waals surface area (Å²) < 4.78 is 26.1. The molecule has 1 amide bonds. The van der Waals surface area contributed by atoms with Crippen molar-refractivity contribution in [1.82, 2.24) is 0 Å². The van der Waals surface area contributed by atoms with E-state index in [4.69, 9.17) is 0 Å². The van der Waals surface area contributed by atoms with Gasteiger partial charge in [-0.15, -0.1) is 0 Å². The van der Waals surface area contributed by atoms with E-state index < -0.39 is 11.6 Å². The maximum Gasteiger partial charge on any atom is 0.228 e. The molecule has 120 valence electrons. The SMILES string of the molecule is O=C(Cc1ccc(F)c(F)c1)Nc1ccccc1N1CCCC1. The summed E-state index contributed by atoms with van der Waals surface area (Å²) in [6, 6.07) is 11.2. The Labute approximate surface area is 133 Å². The van der Waals surface area contributed by atoms with E-state index in [1.807, 2.05) is 24.3 Å². The van der Waals surface area contributed by atoms with Crippen LogP contribution in [-0.2, 0) is 11.2 Å². The van der Waals surface area contributed by atoms with Crippen molar-refractivity contribution in [2.45, 2.75) is 19.3 Å². The Balaban J connectivity index is 1.71. The number of benzene rings is 2. The van der Waals surface area contributed by atoms with Gasteiger partial charge in [-0.1, -0.05) is 18.2 Å². The number of halogens is 2. The predicted molar refractivity (Wildman–Crippen MR) is 86.6 cm³/mol. The number of hydrogen-bond acceptors (Lipinski definition) is 2. The first-order chi connectivity index (χ1) is 11.1. The van der Waals surface area contributed by atoms with Gasteiger partial charge in [0.1, 0.15) is 0 Å². The number of carbonyl (C=O) groups is 1. The zero-order valence-electron chi connectivity index (χ0n) is 12.7. The monoisotopic (exact) mass is 316 g/mol. The third-order valence-electron chi connectivity index (χ3n) is 3.97. The molecule has 0 radical (unpaired) electrons. The molecule has 0 unspecified atom stereocenters. The first-order valence-corrected chi connectivity index (χ1v) is 7.71. The summed E-state index contributed by atoms with van der Waals surface area (Å²) in [6.45, 7) is 1.96. The number of amides is 1. The smallest absolute Gasteiger partial charge is 0.228 e. The van der Waals surface area contributed by atoms with Crippen LogP contribution in [0.25, 0.3) is 0 Å². The van der Waals surface area contributed by atoms with Crippen LogP contribution in [0.3, 0.4) is 0 Å². The molecule has 23 heavy (non-hydrogen) atoms. The molecule has 1 N–H and O–H groups in total. The Morgan fingerprint density at radius 1 is 1.04 bits per heavy atom. The highest BCUT2D eigenvalue weighted by Gasteiger charge is 2.16. The molecular formula is C18H18F2N2O. The second-order valence-corrected chi connectivity index (χ2v) is 5.68. The third kappa shape index (κ3) is 3.67. The molecule has 0 spiro atoms. The fourth-order valence-electron chi connectivity index (χ4n) is 2.84. The number of anilines is 2. The molecule has 1 aliphatic heterocycles. The van der Waals surface area contributed by atoms with Gasteiger partial charge in [0.15, 0.2) is 11.6 Å². The van der Waals surface area contributed by atoms with E-state index >= 15 is 0 Å². The minimum Gasteiger partial charge on any atom is -0.370 e. The topological polar surface area (TPSA) is 32.3 Å². The molecule has 3 nitrogen and oxygen atoms in total. The molecule has 0 atom stereocenters. The Hall–Kier alpha value is -2.43. The van der Waals surface area contributed by atoms with Gasteiger partial charge in [-0.05, 0) is 42.7 Å². The van der Waals surface area contributed by atoms with E-state index in [0.29, 0.717) is 5.56 Å². The van der Waals surface area contributed by atoms with E-state index in [-0.39, 0.29) is 12.3 Å².